The van der Waals surface area contributed by atoms with Crippen LogP contribution in [-0.4, -0.2) is 32.5 Å². The van der Waals surface area contributed by atoms with Gasteiger partial charge in [-0.25, -0.2) is 0 Å². The predicted molar refractivity (Wildman–Crippen MR) is 83.7 cm³/mol. The van der Waals surface area contributed by atoms with Crippen molar-refractivity contribution in [3.05, 3.63) is 60.2 Å². The number of ether oxygens (including phenoxy) is 2. The summed E-state index contributed by atoms with van der Waals surface area (Å²) in [5.74, 6) is 0.724. The van der Waals surface area contributed by atoms with Crippen LogP contribution in [0.25, 0.3) is 0 Å². The van der Waals surface area contributed by atoms with Crippen LogP contribution < -0.4 is 10.1 Å². The Balaban J connectivity index is 2.41. The number of anilines is 1. The molecule has 4 nitrogen and oxygen atoms in total. The third kappa shape index (κ3) is 3.35. The summed E-state index contributed by atoms with van der Waals surface area (Å²) in [5, 5.41) is 13.4. The number of para-hydroxylation sites is 2. The van der Waals surface area contributed by atoms with Crippen LogP contribution in [-0.2, 0) is 10.3 Å². The first-order chi connectivity index (χ1) is 10.3. The van der Waals surface area contributed by atoms with Crippen LogP contribution in [0.2, 0.25) is 0 Å². The van der Waals surface area contributed by atoms with Gasteiger partial charge in [0.25, 0.3) is 0 Å². The summed E-state index contributed by atoms with van der Waals surface area (Å²) in [7, 11) is 3.25. The highest BCUT2D eigenvalue weighted by molar-refractivity contribution is 5.59. The van der Waals surface area contributed by atoms with Gasteiger partial charge < -0.3 is 19.9 Å². The van der Waals surface area contributed by atoms with Crippen LogP contribution in [0.15, 0.2) is 54.6 Å². The van der Waals surface area contributed by atoms with Gasteiger partial charge in [-0.1, -0.05) is 42.5 Å². The molecule has 0 spiro atoms. The summed E-state index contributed by atoms with van der Waals surface area (Å²) in [6.07, 6.45) is 0. The lowest BCUT2D eigenvalue weighted by molar-refractivity contribution is 0.0976. The molecule has 0 heterocycles. The Hall–Kier alpha value is -2.04. The summed E-state index contributed by atoms with van der Waals surface area (Å²) in [6, 6.07) is 17.4. The van der Waals surface area contributed by atoms with Gasteiger partial charge in [0.1, 0.15) is 11.3 Å². The third-order valence-electron chi connectivity index (χ3n) is 3.47. The fourth-order valence-electron chi connectivity index (χ4n) is 2.38. The van der Waals surface area contributed by atoms with Gasteiger partial charge in [-0.2, -0.15) is 0 Å². The van der Waals surface area contributed by atoms with E-state index in [0.717, 1.165) is 17.0 Å². The molecule has 2 aromatic rings. The topological polar surface area (TPSA) is 50.7 Å². The van der Waals surface area contributed by atoms with E-state index in [2.05, 4.69) is 5.32 Å². The van der Waals surface area contributed by atoms with Crippen molar-refractivity contribution < 1.29 is 14.6 Å². The highest BCUT2D eigenvalue weighted by Gasteiger charge is 2.32. The molecule has 0 bridgehead atoms. The molecule has 4 heteroatoms. The molecular formula is C17H21NO3. The number of rotatable bonds is 7. The molecule has 0 saturated carbocycles. The van der Waals surface area contributed by atoms with Crippen molar-refractivity contribution in [3.8, 4) is 5.75 Å². The van der Waals surface area contributed by atoms with Crippen LogP contribution in [0.5, 0.6) is 5.75 Å². The highest BCUT2D eigenvalue weighted by Crippen LogP contribution is 2.31. The van der Waals surface area contributed by atoms with E-state index in [1.165, 1.54) is 0 Å². The van der Waals surface area contributed by atoms with Crippen molar-refractivity contribution in [2.75, 3.05) is 32.8 Å². The van der Waals surface area contributed by atoms with E-state index < -0.39 is 5.54 Å². The molecule has 2 aromatic carbocycles. The first-order valence-corrected chi connectivity index (χ1v) is 6.82. The third-order valence-corrected chi connectivity index (χ3v) is 3.47. The van der Waals surface area contributed by atoms with Crippen molar-refractivity contribution in [2.24, 2.45) is 0 Å². The molecule has 1 atom stereocenters. The highest BCUT2D eigenvalue weighted by atomic mass is 16.5. The summed E-state index contributed by atoms with van der Waals surface area (Å²) in [6.45, 7) is 0.245. The molecule has 0 radical (unpaired) electrons. The van der Waals surface area contributed by atoms with Crippen molar-refractivity contribution >= 4 is 5.69 Å². The predicted octanol–water partition coefficient (Wildman–Crippen LogP) is 2.64. The van der Waals surface area contributed by atoms with Gasteiger partial charge in [-0.3, -0.25) is 0 Å². The zero-order valence-electron chi connectivity index (χ0n) is 12.4. The Labute approximate surface area is 125 Å². The van der Waals surface area contributed by atoms with Crippen LogP contribution in [0, 0.1) is 0 Å². The second-order valence-electron chi connectivity index (χ2n) is 4.86. The van der Waals surface area contributed by atoms with E-state index in [1.54, 1.807) is 14.2 Å². The summed E-state index contributed by atoms with van der Waals surface area (Å²) < 4.78 is 10.7. The van der Waals surface area contributed by atoms with Crippen LogP contribution in [0.3, 0.4) is 0 Å². The van der Waals surface area contributed by atoms with Gasteiger partial charge in [-0.15, -0.1) is 0 Å². The average molecular weight is 287 g/mol. The summed E-state index contributed by atoms with van der Waals surface area (Å²) in [5.41, 5.74) is 1.06. The maximum atomic E-state index is 10.0. The lowest BCUT2D eigenvalue weighted by Crippen LogP contribution is -2.43. The number of methoxy groups -OCH3 is 2. The number of hydrogen-bond donors (Lipinski definition) is 2. The second-order valence-corrected chi connectivity index (χ2v) is 4.86. The smallest absolute Gasteiger partial charge is 0.141 e. The molecule has 2 N–H and O–H groups in total. The van der Waals surface area contributed by atoms with Crippen molar-refractivity contribution in [1.29, 1.82) is 0 Å². The minimum Gasteiger partial charge on any atom is -0.495 e. The van der Waals surface area contributed by atoms with Crippen molar-refractivity contribution in [2.45, 2.75) is 5.54 Å². The zero-order valence-corrected chi connectivity index (χ0v) is 12.4. The maximum Gasteiger partial charge on any atom is 0.141 e. The average Bonchev–Trinajstić information content (AvgIpc) is 2.55. The van der Waals surface area contributed by atoms with E-state index in [4.69, 9.17) is 9.47 Å². The monoisotopic (exact) mass is 287 g/mol. The fourth-order valence-corrected chi connectivity index (χ4v) is 2.38. The molecule has 0 aromatic heterocycles. The Bertz CT molecular complexity index is 559. The molecule has 0 fully saturated rings. The Morgan fingerprint density at radius 3 is 2.29 bits per heavy atom. The summed E-state index contributed by atoms with van der Waals surface area (Å²) in [4.78, 5) is 0. The SMILES string of the molecule is COCC(CO)(Nc1ccccc1OC)c1ccccc1. The lowest BCUT2D eigenvalue weighted by atomic mass is 9.91. The van der Waals surface area contributed by atoms with E-state index in [9.17, 15) is 5.11 Å². The van der Waals surface area contributed by atoms with E-state index in [0.29, 0.717) is 6.61 Å². The van der Waals surface area contributed by atoms with Gasteiger partial charge in [0.2, 0.25) is 0 Å². The largest absolute Gasteiger partial charge is 0.495 e. The van der Waals surface area contributed by atoms with Gasteiger partial charge in [0, 0.05) is 7.11 Å². The Morgan fingerprint density at radius 2 is 1.67 bits per heavy atom. The molecule has 0 amide bonds. The normalized spacial score (nSPS) is 13.5. The van der Waals surface area contributed by atoms with Gasteiger partial charge >= 0.3 is 0 Å². The second kappa shape index (κ2) is 7.11. The number of benzene rings is 2. The summed E-state index contributed by atoms with van der Waals surface area (Å²) >= 11 is 0. The van der Waals surface area contributed by atoms with E-state index in [1.807, 2.05) is 54.6 Å². The minimum atomic E-state index is -0.718. The quantitative estimate of drug-likeness (QED) is 0.822. The van der Waals surface area contributed by atoms with Crippen molar-refractivity contribution in [3.63, 3.8) is 0 Å². The number of aliphatic hydroxyl groups excluding tert-OH is 1. The molecular weight excluding hydrogens is 266 g/mol. The van der Waals surface area contributed by atoms with Crippen LogP contribution >= 0.6 is 0 Å². The Kier molecular flexibility index (Phi) is 5.20. The minimum absolute atomic E-state index is 0.0943. The first kappa shape index (κ1) is 15.4. The fraction of sp³-hybridized carbons (Fsp3) is 0.294. The van der Waals surface area contributed by atoms with Crippen LogP contribution in [0.1, 0.15) is 5.56 Å². The van der Waals surface area contributed by atoms with Crippen LogP contribution in [0.4, 0.5) is 5.69 Å². The van der Waals surface area contributed by atoms with Gasteiger partial charge in [0.15, 0.2) is 0 Å². The Morgan fingerprint density at radius 1 is 1.00 bits per heavy atom. The zero-order chi connectivity index (χ0) is 15.1. The first-order valence-electron chi connectivity index (χ1n) is 6.82. The van der Waals surface area contributed by atoms with Crippen molar-refractivity contribution in [1.82, 2.24) is 0 Å². The molecule has 0 saturated heterocycles. The van der Waals surface area contributed by atoms with E-state index in [-0.39, 0.29) is 6.61 Å². The molecule has 0 aliphatic heterocycles. The standard InChI is InChI=1S/C17H21NO3/c1-20-13-17(12-19,14-8-4-3-5-9-14)18-15-10-6-7-11-16(15)21-2/h3-11,18-19H,12-13H2,1-2H3. The molecule has 0 aliphatic carbocycles. The molecule has 21 heavy (non-hydrogen) atoms. The van der Waals surface area contributed by atoms with E-state index >= 15 is 0 Å². The number of hydrogen-bond acceptors (Lipinski definition) is 4. The van der Waals surface area contributed by atoms with Gasteiger partial charge in [-0.05, 0) is 17.7 Å². The molecule has 2 rings (SSSR count). The maximum absolute atomic E-state index is 10.0. The van der Waals surface area contributed by atoms with Gasteiger partial charge in [0.05, 0.1) is 26.0 Å². The molecule has 1 unspecified atom stereocenters. The number of nitrogens with one attached hydrogen (secondary N) is 1. The number of aliphatic hydroxyl groups is 1. The molecule has 0 aliphatic rings. The molecule has 112 valence electrons. The lowest BCUT2D eigenvalue weighted by Gasteiger charge is -2.34.